The second kappa shape index (κ2) is 5.41. The Morgan fingerprint density at radius 3 is 3.19 bits per heavy atom. The molecule has 1 fully saturated rings. The number of hydrogen-bond donors (Lipinski definition) is 1. The van der Waals surface area contributed by atoms with Crippen LogP contribution in [0, 0.1) is 0 Å². The smallest absolute Gasteiger partial charge is 0.265 e. The number of piperidine rings is 1. The zero-order chi connectivity index (χ0) is 11.4. The van der Waals surface area contributed by atoms with Crippen LogP contribution in [0.2, 0.25) is 0 Å². The van der Waals surface area contributed by atoms with Crippen LogP contribution in [0.15, 0.2) is 11.7 Å². The first-order valence-electron chi connectivity index (χ1n) is 5.72. The summed E-state index contributed by atoms with van der Waals surface area (Å²) in [5, 5.41) is 0. The van der Waals surface area contributed by atoms with E-state index in [4.69, 9.17) is 5.73 Å². The van der Waals surface area contributed by atoms with E-state index in [2.05, 4.69) is 4.98 Å². The number of likely N-dealkylation sites (tertiary alicyclic amines) is 1. The molecule has 1 saturated heterocycles. The molecule has 1 amide bonds. The van der Waals surface area contributed by atoms with Crippen LogP contribution >= 0.6 is 11.3 Å². The molecule has 0 spiro atoms. The summed E-state index contributed by atoms with van der Waals surface area (Å²) in [6, 6.07) is 0.327. The van der Waals surface area contributed by atoms with Crippen LogP contribution in [-0.4, -0.2) is 34.9 Å². The summed E-state index contributed by atoms with van der Waals surface area (Å²) in [7, 11) is 0. The SMILES string of the molecule is NCCC1CCCCN1C(=O)c1cncs1. The van der Waals surface area contributed by atoms with Crippen LogP contribution in [0.25, 0.3) is 0 Å². The van der Waals surface area contributed by atoms with E-state index in [1.165, 1.54) is 17.8 Å². The molecule has 1 atom stereocenters. The highest BCUT2D eigenvalue weighted by atomic mass is 32.1. The highest BCUT2D eigenvalue weighted by Gasteiger charge is 2.27. The van der Waals surface area contributed by atoms with Gasteiger partial charge in [0, 0.05) is 12.6 Å². The average Bonchev–Trinajstić information content (AvgIpc) is 2.83. The van der Waals surface area contributed by atoms with Crippen molar-refractivity contribution in [1.82, 2.24) is 9.88 Å². The minimum Gasteiger partial charge on any atom is -0.335 e. The topological polar surface area (TPSA) is 59.2 Å². The molecule has 16 heavy (non-hydrogen) atoms. The van der Waals surface area contributed by atoms with Crippen LogP contribution < -0.4 is 5.73 Å². The van der Waals surface area contributed by atoms with E-state index in [-0.39, 0.29) is 5.91 Å². The molecule has 1 aromatic heterocycles. The Kier molecular flexibility index (Phi) is 3.90. The summed E-state index contributed by atoms with van der Waals surface area (Å²) >= 11 is 1.41. The van der Waals surface area contributed by atoms with Crippen molar-refractivity contribution in [3.8, 4) is 0 Å². The Labute approximate surface area is 99.5 Å². The van der Waals surface area contributed by atoms with Gasteiger partial charge in [-0.3, -0.25) is 9.78 Å². The van der Waals surface area contributed by atoms with Crippen molar-refractivity contribution in [3.05, 3.63) is 16.6 Å². The second-order valence-electron chi connectivity index (χ2n) is 4.09. The number of nitrogens with two attached hydrogens (primary N) is 1. The highest BCUT2D eigenvalue weighted by Crippen LogP contribution is 2.22. The van der Waals surface area contributed by atoms with Crippen molar-refractivity contribution in [3.63, 3.8) is 0 Å². The number of amides is 1. The van der Waals surface area contributed by atoms with Gasteiger partial charge >= 0.3 is 0 Å². The maximum Gasteiger partial charge on any atom is 0.265 e. The Balaban J connectivity index is 2.08. The summed E-state index contributed by atoms with van der Waals surface area (Å²) < 4.78 is 0. The number of thiazole rings is 1. The summed E-state index contributed by atoms with van der Waals surface area (Å²) in [6.45, 7) is 1.51. The number of rotatable bonds is 3. The van der Waals surface area contributed by atoms with Gasteiger partial charge in [-0.15, -0.1) is 11.3 Å². The maximum absolute atomic E-state index is 12.2. The predicted octanol–water partition coefficient (Wildman–Crippen LogP) is 1.49. The van der Waals surface area contributed by atoms with E-state index in [0.717, 1.165) is 30.7 Å². The molecule has 1 aliphatic heterocycles. The van der Waals surface area contributed by atoms with E-state index in [1.807, 2.05) is 4.90 Å². The van der Waals surface area contributed by atoms with Crippen molar-refractivity contribution < 1.29 is 4.79 Å². The minimum absolute atomic E-state index is 0.126. The third kappa shape index (κ3) is 2.41. The molecule has 0 aromatic carbocycles. The molecular weight excluding hydrogens is 222 g/mol. The number of aromatic nitrogens is 1. The summed E-state index contributed by atoms with van der Waals surface area (Å²) in [5.41, 5.74) is 7.30. The lowest BCUT2D eigenvalue weighted by Crippen LogP contribution is -2.44. The lowest BCUT2D eigenvalue weighted by molar-refractivity contribution is 0.0610. The number of carbonyl (C=O) groups excluding carboxylic acids is 1. The van der Waals surface area contributed by atoms with Gasteiger partial charge in [-0.1, -0.05) is 0 Å². The molecule has 1 aliphatic rings. The van der Waals surface area contributed by atoms with Crippen LogP contribution in [0.5, 0.6) is 0 Å². The van der Waals surface area contributed by atoms with Crippen molar-refractivity contribution in [2.45, 2.75) is 31.7 Å². The number of hydrogen-bond acceptors (Lipinski definition) is 4. The molecule has 2 rings (SSSR count). The van der Waals surface area contributed by atoms with Crippen LogP contribution in [0.4, 0.5) is 0 Å². The fourth-order valence-corrected chi connectivity index (χ4v) is 2.80. The van der Waals surface area contributed by atoms with Gasteiger partial charge in [-0.2, -0.15) is 0 Å². The van der Waals surface area contributed by atoms with Gasteiger partial charge in [0.1, 0.15) is 4.88 Å². The first kappa shape index (κ1) is 11.5. The van der Waals surface area contributed by atoms with Gasteiger partial charge in [0.15, 0.2) is 0 Å². The molecular formula is C11H17N3OS. The Morgan fingerprint density at radius 2 is 2.50 bits per heavy atom. The first-order valence-corrected chi connectivity index (χ1v) is 6.60. The van der Waals surface area contributed by atoms with Gasteiger partial charge in [0.25, 0.3) is 5.91 Å². The van der Waals surface area contributed by atoms with Crippen molar-refractivity contribution in [2.24, 2.45) is 5.73 Å². The van der Waals surface area contributed by atoms with Crippen molar-refractivity contribution in [2.75, 3.05) is 13.1 Å². The zero-order valence-electron chi connectivity index (χ0n) is 9.26. The van der Waals surface area contributed by atoms with E-state index in [0.29, 0.717) is 12.6 Å². The second-order valence-corrected chi connectivity index (χ2v) is 4.98. The fraction of sp³-hybridized carbons (Fsp3) is 0.636. The Bertz CT molecular complexity index is 337. The Hall–Kier alpha value is -0.940. The molecule has 1 unspecified atom stereocenters. The third-order valence-electron chi connectivity index (χ3n) is 3.03. The van der Waals surface area contributed by atoms with E-state index < -0.39 is 0 Å². The molecule has 0 aliphatic carbocycles. The lowest BCUT2D eigenvalue weighted by Gasteiger charge is -2.35. The molecule has 88 valence electrons. The van der Waals surface area contributed by atoms with E-state index >= 15 is 0 Å². The average molecular weight is 239 g/mol. The Morgan fingerprint density at radius 1 is 1.62 bits per heavy atom. The van der Waals surface area contributed by atoms with Crippen LogP contribution in [0.1, 0.15) is 35.4 Å². The summed E-state index contributed by atoms with van der Waals surface area (Å²) in [5.74, 6) is 0.126. The summed E-state index contributed by atoms with van der Waals surface area (Å²) in [4.78, 5) is 18.9. The molecule has 4 nitrogen and oxygen atoms in total. The zero-order valence-corrected chi connectivity index (χ0v) is 10.1. The van der Waals surface area contributed by atoms with Crippen LogP contribution in [-0.2, 0) is 0 Å². The first-order chi connectivity index (χ1) is 7.83. The van der Waals surface area contributed by atoms with E-state index in [1.54, 1.807) is 11.7 Å². The molecule has 2 heterocycles. The number of carbonyl (C=O) groups is 1. The molecule has 1 aromatic rings. The van der Waals surface area contributed by atoms with Gasteiger partial charge in [0.2, 0.25) is 0 Å². The van der Waals surface area contributed by atoms with Gasteiger partial charge in [-0.05, 0) is 32.2 Å². The maximum atomic E-state index is 12.2. The monoisotopic (exact) mass is 239 g/mol. The quantitative estimate of drug-likeness (QED) is 0.869. The van der Waals surface area contributed by atoms with Gasteiger partial charge in [-0.25, -0.2) is 0 Å². The largest absolute Gasteiger partial charge is 0.335 e. The highest BCUT2D eigenvalue weighted by molar-refractivity contribution is 7.11. The lowest BCUT2D eigenvalue weighted by atomic mass is 9.99. The van der Waals surface area contributed by atoms with Gasteiger partial charge in [0.05, 0.1) is 11.7 Å². The minimum atomic E-state index is 0.126. The fourth-order valence-electron chi connectivity index (χ4n) is 2.22. The number of nitrogens with zero attached hydrogens (tertiary/aromatic N) is 2. The van der Waals surface area contributed by atoms with Gasteiger partial charge < -0.3 is 10.6 Å². The predicted molar refractivity (Wildman–Crippen MR) is 64.5 cm³/mol. The molecule has 2 N–H and O–H groups in total. The molecule has 0 bridgehead atoms. The molecule has 0 radical (unpaired) electrons. The molecule has 0 saturated carbocycles. The van der Waals surface area contributed by atoms with Crippen molar-refractivity contribution >= 4 is 17.2 Å². The normalized spacial score (nSPS) is 21.1. The van der Waals surface area contributed by atoms with Crippen molar-refractivity contribution in [1.29, 1.82) is 0 Å². The van der Waals surface area contributed by atoms with E-state index in [9.17, 15) is 4.79 Å². The summed E-state index contributed by atoms with van der Waals surface area (Å²) in [6.07, 6.45) is 5.95. The molecule has 5 heteroatoms. The van der Waals surface area contributed by atoms with Crippen LogP contribution in [0.3, 0.4) is 0 Å². The standard InChI is InChI=1S/C11H17N3OS/c12-5-4-9-3-1-2-6-14(9)11(15)10-7-13-8-16-10/h7-9H,1-6,12H2. The third-order valence-corrected chi connectivity index (χ3v) is 3.79.